The van der Waals surface area contributed by atoms with Crippen LogP contribution in [-0.2, 0) is 9.53 Å². The lowest BCUT2D eigenvalue weighted by Crippen LogP contribution is -2.34. The molecule has 0 aromatic heterocycles. The van der Waals surface area contributed by atoms with Crippen molar-refractivity contribution >= 4 is 5.97 Å². The van der Waals surface area contributed by atoms with Gasteiger partial charge in [0.1, 0.15) is 0 Å². The average Bonchev–Trinajstić information content (AvgIpc) is 2.87. The van der Waals surface area contributed by atoms with Gasteiger partial charge in [0.25, 0.3) is 0 Å². The maximum atomic E-state index is 11.7. The third-order valence-electron chi connectivity index (χ3n) is 3.91. The molecule has 1 aromatic carbocycles. The van der Waals surface area contributed by atoms with E-state index in [1.807, 2.05) is 13.0 Å². The minimum Gasteiger partial charge on any atom is -0.466 e. The zero-order chi connectivity index (χ0) is 13.7. The van der Waals surface area contributed by atoms with Crippen LogP contribution in [0.15, 0.2) is 30.3 Å². The number of hydrogen-bond donors (Lipinski definition) is 0. The number of carbonyl (C=O) groups excluding carboxylic acids is 1. The molecule has 0 aliphatic carbocycles. The Morgan fingerprint density at radius 1 is 1.42 bits per heavy atom. The SMILES string of the molecule is CCOC(=O)C[C@H]1CCCN1[C@H](C)c1ccccc1. The molecule has 1 aliphatic heterocycles. The summed E-state index contributed by atoms with van der Waals surface area (Å²) in [4.78, 5) is 14.1. The smallest absolute Gasteiger partial charge is 0.307 e. The van der Waals surface area contributed by atoms with Gasteiger partial charge in [-0.1, -0.05) is 30.3 Å². The van der Waals surface area contributed by atoms with Crippen LogP contribution in [0.3, 0.4) is 0 Å². The molecule has 104 valence electrons. The largest absolute Gasteiger partial charge is 0.466 e. The molecule has 0 saturated carbocycles. The molecule has 3 heteroatoms. The number of rotatable bonds is 5. The molecule has 1 aromatic rings. The van der Waals surface area contributed by atoms with E-state index in [2.05, 4.69) is 36.1 Å². The van der Waals surface area contributed by atoms with Gasteiger partial charge in [-0.05, 0) is 38.8 Å². The molecule has 1 heterocycles. The summed E-state index contributed by atoms with van der Waals surface area (Å²) < 4.78 is 5.07. The van der Waals surface area contributed by atoms with Crippen molar-refractivity contribution in [1.29, 1.82) is 0 Å². The molecule has 0 amide bonds. The van der Waals surface area contributed by atoms with Crippen LogP contribution in [0.1, 0.15) is 44.7 Å². The van der Waals surface area contributed by atoms with E-state index in [-0.39, 0.29) is 5.97 Å². The Morgan fingerprint density at radius 2 is 2.16 bits per heavy atom. The number of nitrogens with zero attached hydrogens (tertiary/aromatic N) is 1. The van der Waals surface area contributed by atoms with Gasteiger partial charge in [-0.3, -0.25) is 9.69 Å². The van der Waals surface area contributed by atoms with E-state index >= 15 is 0 Å². The van der Waals surface area contributed by atoms with Gasteiger partial charge >= 0.3 is 5.97 Å². The van der Waals surface area contributed by atoms with Gasteiger partial charge in [-0.25, -0.2) is 0 Å². The highest BCUT2D eigenvalue weighted by Gasteiger charge is 2.30. The summed E-state index contributed by atoms with van der Waals surface area (Å²) in [5.41, 5.74) is 1.32. The van der Waals surface area contributed by atoms with E-state index in [1.54, 1.807) is 0 Å². The molecule has 2 rings (SSSR count). The van der Waals surface area contributed by atoms with Gasteiger partial charge in [0.2, 0.25) is 0 Å². The van der Waals surface area contributed by atoms with Crippen molar-refractivity contribution in [3.8, 4) is 0 Å². The van der Waals surface area contributed by atoms with Crippen molar-refractivity contribution in [3.05, 3.63) is 35.9 Å². The van der Waals surface area contributed by atoms with E-state index < -0.39 is 0 Å². The second kappa shape index (κ2) is 6.71. The minimum atomic E-state index is -0.0698. The molecule has 19 heavy (non-hydrogen) atoms. The van der Waals surface area contributed by atoms with E-state index in [0.29, 0.717) is 25.1 Å². The molecule has 0 N–H and O–H groups in total. The quantitative estimate of drug-likeness (QED) is 0.762. The maximum Gasteiger partial charge on any atom is 0.307 e. The van der Waals surface area contributed by atoms with Gasteiger partial charge in [0.05, 0.1) is 13.0 Å². The molecule has 0 bridgehead atoms. The third kappa shape index (κ3) is 3.57. The van der Waals surface area contributed by atoms with E-state index in [9.17, 15) is 4.79 Å². The van der Waals surface area contributed by atoms with Crippen molar-refractivity contribution in [2.24, 2.45) is 0 Å². The monoisotopic (exact) mass is 261 g/mol. The Bertz CT molecular complexity index is 404. The first-order chi connectivity index (χ1) is 9.22. The molecule has 2 atom stereocenters. The fourth-order valence-corrected chi connectivity index (χ4v) is 2.92. The zero-order valence-corrected chi connectivity index (χ0v) is 11.8. The normalized spacial score (nSPS) is 21.3. The Balaban J connectivity index is 2.00. The summed E-state index contributed by atoms with van der Waals surface area (Å²) in [6, 6.07) is 11.2. The summed E-state index contributed by atoms with van der Waals surface area (Å²) in [6.07, 6.45) is 2.78. The van der Waals surface area contributed by atoms with Crippen LogP contribution in [0.4, 0.5) is 0 Å². The highest BCUT2D eigenvalue weighted by molar-refractivity contribution is 5.70. The van der Waals surface area contributed by atoms with Crippen molar-refractivity contribution in [2.75, 3.05) is 13.2 Å². The Labute approximate surface area is 115 Å². The number of hydrogen-bond acceptors (Lipinski definition) is 3. The molecule has 1 aliphatic rings. The molecular formula is C16H23NO2. The van der Waals surface area contributed by atoms with E-state index in [1.165, 1.54) is 12.0 Å². The van der Waals surface area contributed by atoms with Gasteiger partial charge in [0, 0.05) is 12.1 Å². The molecule has 0 unspecified atom stereocenters. The lowest BCUT2D eigenvalue weighted by Gasteiger charge is -2.30. The topological polar surface area (TPSA) is 29.5 Å². The number of likely N-dealkylation sites (tertiary alicyclic amines) is 1. The Kier molecular flexibility index (Phi) is 4.97. The summed E-state index contributed by atoms with van der Waals surface area (Å²) in [5.74, 6) is -0.0698. The van der Waals surface area contributed by atoms with Gasteiger partial charge in [-0.15, -0.1) is 0 Å². The first-order valence-corrected chi connectivity index (χ1v) is 7.18. The van der Waals surface area contributed by atoms with E-state index in [0.717, 1.165) is 13.0 Å². The Morgan fingerprint density at radius 3 is 2.84 bits per heavy atom. The minimum absolute atomic E-state index is 0.0698. The molecule has 3 nitrogen and oxygen atoms in total. The number of benzene rings is 1. The van der Waals surface area contributed by atoms with Crippen molar-refractivity contribution in [3.63, 3.8) is 0 Å². The second-order valence-electron chi connectivity index (χ2n) is 5.13. The fraction of sp³-hybridized carbons (Fsp3) is 0.562. The second-order valence-corrected chi connectivity index (χ2v) is 5.13. The first-order valence-electron chi connectivity index (χ1n) is 7.18. The molecular weight excluding hydrogens is 238 g/mol. The summed E-state index contributed by atoms with van der Waals surface area (Å²) in [5, 5.41) is 0. The van der Waals surface area contributed by atoms with Crippen LogP contribution in [0.25, 0.3) is 0 Å². The first kappa shape index (κ1) is 14.1. The number of esters is 1. The molecule has 0 radical (unpaired) electrons. The third-order valence-corrected chi connectivity index (χ3v) is 3.91. The lowest BCUT2D eigenvalue weighted by molar-refractivity contribution is -0.144. The fourth-order valence-electron chi connectivity index (χ4n) is 2.92. The standard InChI is InChI=1S/C16H23NO2/c1-3-19-16(18)12-15-10-7-11-17(15)13(2)14-8-5-4-6-9-14/h4-6,8-9,13,15H,3,7,10-12H2,1-2H3/t13-,15-/m1/s1. The van der Waals surface area contributed by atoms with Crippen LogP contribution in [0, 0.1) is 0 Å². The van der Waals surface area contributed by atoms with Gasteiger partial charge in [-0.2, -0.15) is 0 Å². The van der Waals surface area contributed by atoms with Crippen LogP contribution >= 0.6 is 0 Å². The van der Waals surface area contributed by atoms with Crippen LogP contribution in [-0.4, -0.2) is 30.1 Å². The number of carbonyl (C=O) groups is 1. The highest BCUT2D eigenvalue weighted by Crippen LogP contribution is 2.30. The van der Waals surface area contributed by atoms with Crippen molar-refractivity contribution in [2.45, 2.75) is 45.2 Å². The van der Waals surface area contributed by atoms with Gasteiger partial charge < -0.3 is 4.74 Å². The molecule has 1 fully saturated rings. The van der Waals surface area contributed by atoms with Gasteiger partial charge in [0.15, 0.2) is 0 Å². The average molecular weight is 261 g/mol. The molecule has 1 saturated heterocycles. The zero-order valence-electron chi connectivity index (χ0n) is 11.8. The predicted molar refractivity (Wildman–Crippen MR) is 75.8 cm³/mol. The van der Waals surface area contributed by atoms with Crippen molar-refractivity contribution in [1.82, 2.24) is 4.90 Å². The lowest BCUT2D eigenvalue weighted by atomic mass is 10.0. The number of ether oxygens (including phenoxy) is 1. The maximum absolute atomic E-state index is 11.7. The Hall–Kier alpha value is -1.35. The summed E-state index contributed by atoms with van der Waals surface area (Å²) >= 11 is 0. The van der Waals surface area contributed by atoms with Crippen LogP contribution < -0.4 is 0 Å². The van der Waals surface area contributed by atoms with Crippen LogP contribution in [0.5, 0.6) is 0 Å². The highest BCUT2D eigenvalue weighted by atomic mass is 16.5. The summed E-state index contributed by atoms with van der Waals surface area (Å²) in [6.45, 7) is 5.62. The molecule has 0 spiro atoms. The predicted octanol–water partition coefficient (Wildman–Crippen LogP) is 3.17. The van der Waals surface area contributed by atoms with Crippen LogP contribution in [0.2, 0.25) is 0 Å². The summed E-state index contributed by atoms with van der Waals surface area (Å²) in [7, 11) is 0. The van der Waals surface area contributed by atoms with Crippen molar-refractivity contribution < 1.29 is 9.53 Å². The van der Waals surface area contributed by atoms with E-state index in [4.69, 9.17) is 4.74 Å².